The van der Waals surface area contributed by atoms with Crippen LogP contribution in [0.5, 0.6) is 0 Å². The highest BCUT2D eigenvalue weighted by atomic mass is 16.6. The first-order valence-electron chi connectivity index (χ1n) is 5.72. The summed E-state index contributed by atoms with van der Waals surface area (Å²) in [6.07, 6.45) is 4.81. The van der Waals surface area contributed by atoms with Crippen molar-refractivity contribution >= 4 is 5.78 Å². The minimum absolute atomic E-state index is 0.0237. The minimum atomic E-state index is -0.302. The fourth-order valence-electron chi connectivity index (χ4n) is 1.45. The van der Waals surface area contributed by atoms with Gasteiger partial charge in [0.15, 0.2) is 0 Å². The van der Waals surface area contributed by atoms with Crippen LogP contribution in [-0.2, 0) is 4.79 Å². The number of hydrogen-bond acceptors (Lipinski definition) is 3. The van der Waals surface area contributed by atoms with Crippen molar-refractivity contribution in [1.29, 1.82) is 0 Å². The summed E-state index contributed by atoms with van der Waals surface area (Å²) < 4.78 is 0. The molecule has 0 amide bonds. The van der Waals surface area contributed by atoms with Crippen LogP contribution < -0.4 is 0 Å². The zero-order valence-corrected chi connectivity index (χ0v) is 9.70. The van der Waals surface area contributed by atoms with E-state index in [0.29, 0.717) is 18.6 Å². The van der Waals surface area contributed by atoms with Crippen molar-refractivity contribution in [3.63, 3.8) is 0 Å². The lowest BCUT2D eigenvalue weighted by molar-refractivity contribution is -0.480. The van der Waals surface area contributed by atoms with Gasteiger partial charge in [-0.1, -0.05) is 20.3 Å². The van der Waals surface area contributed by atoms with Crippen LogP contribution >= 0.6 is 0 Å². The van der Waals surface area contributed by atoms with E-state index in [0.717, 1.165) is 25.7 Å². The van der Waals surface area contributed by atoms with Gasteiger partial charge in [0, 0.05) is 23.7 Å². The van der Waals surface area contributed by atoms with E-state index in [9.17, 15) is 14.9 Å². The Hall–Kier alpha value is -0.930. The third kappa shape index (κ3) is 8.09. The molecule has 15 heavy (non-hydrogen) atoms. The molecule has 1 unspecified atom stereocenters. The van der Waals surface area contributed by atoms with Crippen LogP contribution in [0, 0.1) is 16.0 Å². The number of unbranched alkanes of at least 4 members (excludes halogenated alkanes) is 2. The summed E-state index contributed by atoms with van der Waals surface area (Å²) in [5.41, 5.74) is 0. The molecule has 0 heterocycles. The van der Waals surface area contributed by atoms with Gasteiger partial charge in [0.2, 0.25) is 6.54 Å². The molecule has 0 fully saturated rings. The van der Waals surface area contributed by atoms with Crippen molar-refractivity contribution in [2.45, 2.75) is 52.4 Å². The number of nitro groups is 1. The average Bonchev–Trinajstić information content (AvgIpc) is 2.20. The molecule has 88 valence electrons. The molecule has 0 aromatic carbocycles. The van der Waals surface area contributed by atoms with Crippen LogP contribution in [0.15, 0.2) is 0 Å². The Kier molecular flexibility index (Phi) is 7.86. The second kappa shape index (κ2) is 8.38. The highest BCUT2D eigenvalue weighted by Crippen LogP contribution is 2.12. The van der Waals surface area contributed by atoms with Crippen molar-refractivity contribution in [3.8, 4) is 0 Å². The number of carbonyl (C=O) groups excluding carboxylic acids is 1. The number of ketones is 1. The molecule has 0 radical (unpaired) electrons. The number of nitrogens with zero attached hydrogens (tertiary/aromatic N) is 1. The third-order valence-corrected chi connectivity index (χ3v) is 2.55. The largest absolute Gasteiger partial charge is 0.299 e. The quantitative estimate of drug-likeness (QED) is 0.337. The molecule has 0 aromatic heterocycles. The molecule has 0 spiro atoms. The Balaban J connectivity index is 3.50. The van der Waals surface area contributed by atoms with Crippen LogP contribution in [0.2, 0.25) is 0 Å². The summed E-state index contributed by atoms with van der Waals surface area (Å²) in [6.45, 7) is 4.01. The van der Waals surface area contributed by atoms with Crippen molar-refractivity contribution in [3.05, 3.63) is 10.1 Å². The Labute approximate surface area is 91.2 Å². The minimum Gasteiger partial charge on any atom is -0.299 e. The van der Waals surface area contributed by atoms with Crippen LogP contribution in [0.25, 0.3) is 0 Å². The Morgan fingerprint density at radius 2 is 2.00 bits per heavy atom. The molecule has 0 aliphatic carbocycles. The molecule has 4 heteroatoms. The smallest absolute Gasteiger partial charge is 0.203 e. The maximum atomic E-state index is 11.5. The third-order valence-electron chi connectivity index (χ3n) is 2.55. The summed E-state index contributed by atoms with van der Waals surface area (Å²) in [6, 6.07) is 0. The van der Waals surface area contributed by atoms with E-state index in [1.54, 1.807) is 0 Å². The monoisotopic (exact) mass is 215 g/mol. The highest BCUT2D eigenvalue weighted by Gasteiger charge is 2.11. The standard InChI is InChI=1S/C11H21NO3/c1-3-4-8-11(13)10(2)7-5-6-9-12(14)15/h10H,3-9H2,1-2H3. The molecule has 0 rings (SSSR count). The van der Waals surface area contributed by atoms with Crippen molar-refractivity contribution < 1.29 is 9.72 Å². The molecular formula is C11H21NO3. The normalized spacial score (nSPS) is 12.4. The lowest BCUT2D eigenvalue weighted by Gasteiger charge is -2.08. The first-order chi connectivity index (χ1) is 7.07. The summed E-state index contributed by atoms with van der Waals surface area (Å²) in [5.74, 6) is 0.376. The van der Waals surface area contributed by atoms with Crippen LogP contribution in [-0.4, -0.2) is 17.3 Å². The lowest BCUT2D eigenvalue weighted by Crippen LogP contribution is -2.11. The number of carbonyl (C=O) groups is 1. The topological polar surface area (TPSA) is 60.2 Å². The van der Waals surface area contributed by atoms with E-state index in [4.69, 9.17) is 0 Å². The van der Waals surface area contributed by atoms with E-state index >= 15 is 0 Å². The molecule has 0 aromatic rings. The molecule has 0 aliphatic heterocycles. The maximum absolute atomic E-state index is 11.5. The zero-order chi connectivity index (χ0) is 11.7. The van der Waals surface area contributed by atoms with E-state index in [-0.39, 0.29) is 17.4 Å². The predicted octanol–water partition coefficient (Wildman–Crippen LogP) is 2.83. The van der Waals surface area contributed by atoms with Gasteiger partial charge in [-0.3, -0.25) is 14.9 Å². The van der Waals surface area contributed by atoms with E-state index in [2.05, 4.69) is 6.92 Å². The zero-order valence-electron chi connectivity index (χ0n) is 9.70. The summed E-state index contributed by atoms with van der Waals surface area (Å²) in [4.78, 5) is 21.3. The van der Waals surface area contributed by atoms with Gasteiger partial charge in [-0.25, -0.2) is 0 Å². The maximum Gasteiger partial charge on any atom is 0.203 e. The SMILES string of the molecule is CCCCC(=O)C(C)CCCC[N+](=O)[O-]. The Morgan fingerprint density at radius 1 is 1.33 bits per heavy atom. The predicted molar refractivity (Wildman–Crippen MR) is 59.4 cm³/mol. The Morgan fingerprint density at radius 3 is 2.53 bits per heavy atom. The molecule has 0 bridgehead atoms. The fourth-order valence-corrected chi connectivity index (χ4v) is 1.45. The van der Waals surface area contributed by atoms with E-state index in [1.165, 1.54) is 0 Å². The first-order valence-corrected chi connectivity index (χ1v) is 5.72. The van der Waals surface area contributed by atoms with Crippen molar-refractivity contribution in [2.24, 2.45) is 5.92 Å². The van der Waals surface area contributed by atoms with Gasteiger partial charge < -0.3 is 0 Å². The summed E-state index contributed by atoms with van der Waals surface area (Å²) >= 11 is 0. The average molecular weight is 215 g/mol. The molecule has 0 N–H and O–H groups in total. The number of Topliss-reactive ketones (excluding diaryl/α,β-unsaturated/α-hetero) is 1. The molecular weight excluding hydrogens is 194 g/mol. The Bertz CT molecular complexity index is 204. The van der Waals surface area contributed by atoms with Crippen LogP contribution in [0.1, 0.15) is 52.4 Å². The molecule has 0 saturated carbocycles. The van der Waals surface area contributed by atoms with Gasteiger partial charge in [0.25, 0.3) is 0 Å². The number of rotatable bonds is 9. The van der Waals surface area contributed by atoms with Gasteiger partial charge in [-0.15, -0.1) is 0 Å². The molecule has 4 nitrogen and oxygen atoms in total. The summed E-state index contributed by atoms with van der Waals surface area (Å²) in [7, 11) is 0. The van der Waals surface area contributed by atoms with Gasteiger partial charge in [-0.05, 0) is 19.3 Å². The van der Waals surface area contributed by atoms with Gasteiger partial charge in [0.1, 0.15) is 5.78 Å². The molecule has 0 saturated heterocycles. The van der Waals surface area contributed by atoms with Crippen molar-refractivity contribution in [1.82, 2.24) is 0 Å². The molecule has 0 aliphatic rings. The van der Waals surface area contributed by atoms with Crippen molar-refractivity contribution in [2.75, 3.05) is 6.54 Å². The summed E-state index contributed by atoms with van der Waals surface area (Å²) in [5, 5.41) is 10.1. The van der Waals surface area contributed by atoms with E-state index < -0.39 is 0 Å². The van der Waals surface area contributed by atoms with Gasteiger partial charge >= 0.3 is 0 Å². The second-order valence-corrected chi connectivity index (χ2v) is 4.02. The lowest BCUT2D eigenvalue weighted by atomic mass is 9.96. The van der Waals surface area contributed by atoms with E-state index in [1.807, 2.05) is 6.92 Å². The fraction of sp³-hybridized carbons (Fsp3) is 0.909. The molecule has 1 atom stereocenters. The first kappa shape index (κ1) is 14.1. The highest BCUT2D eigenvalue weighted by molar-refractivity contribution is 5.80. The second-order valence-electron chi connectivity index (χ2n) is 4.02. The van der Waals surface area contributed by atoms with Crippen LogP contribution in [0.3, 0.4) is 0 Å². The van der Waals surface area contributed by atoms with Gasteiger partial charge in [0.05, 0.1) is 0 Å². The van der Waals surface area contributed by atoms with Crippen LogP contribution in [0.4, 0.5) is 0 Å². The van der Waals surface area contributed by atoms with Gasteiger partial charge in [-0.2, -0.15) is 0 Å². The number of hydrogen-bond donors (Lipinski definition) is 0.